The summed E-state index contributed by atoms with van der Waals surface area (Å²) in [6.07, 6.45) is 0. The van der Waals surface area contributed by atoms with Gasteiger partial charge in [-0.15, -0.1) is 11.6 Å². The Bertz CT molecular complexity index is 674. The van der Waals surface area contributed by atoms with Crippen LogP contribution in [0.5, 0.6) is 11.5 Å². The van der Waals surface area contributed by atoms with Crippen LogP contribution in [0.15, 0.2) is 42.5 Å². The van der Waals surface area contributed by atoms with Crippen molar-refractivity contribution in [1.82, 2.24) is 0 Å². The maximum atomic E-state index is 13.8. The second kappa shape index (κ2) is 7.56. The maximum absolute atomic E-state index is 13.8. The number of ether oxygens (including phenoxy) is 2. The van der Waals surface area contributed by atoms with Crippen molar-refractivity contribution < 1.29 is 13.9 Å². The summed E-state index contributed by atoms with van der Waals surface area (Å²) in [7, 11) is 1.50. The highest BCUT2D eigenvalue weighted by molar-refractivity contribution is 6.19. The highest BCUT2D eigenvalue weighted by Crippen LogP contribution is 2.19. The Balaban J connectivity index is 2.06. The number of rotatable bonds is 4. The number of benzene rings is 2. The Labute approximate surface area is 128 Å². The van der Waals surface area contributed by atoms with E-state index in [1.54, 1.807) is 24.3 Å². The van der Waals surface area contributed by atoms with Gasteiger partial charge in [0.15, 0.2) is 0 Å². The lowest BCUT2D eigenvalue weighted by Gasteiger charge is -2.08. The first-order chi connectivity index (χ1) is 10.2. The van der Waals surface area contributed by atoms with E-state index in [0.29, 0.717) is 17.1 Å². The monoisotopic (exact) mass is 304 g/mol. The highest BCUT2D eigenvalue weighted by Gasteiger charge is 2.05. The summed E-state index contributed by atoms with van der Waals surface area (Å²) in [5.41, 5.74) is 1.27. The van der Waals surface area contributed by atoms with Gasteiger partial charge < -0.3 is 9.47 Å². The normalized spacial score (nSPS) is 9.67. The molecule has 2 aromatic carbocycles. The van der Waals surface area contributed by atoms with E-state index in [9.17, 15) is 4.39 Å². The zero-order valence-corrected chi connectivity index (χ0v) is 12.3. The number of hydrogen-bond acceptors (Lipinski definition) is 2. The van der Waals surface area contributed by atoms with E-state index in [4.69, 9.17) is 21.1 Å². The largest absolute Gasteiger partial charge is 0.497 e. The van der Waals surface area contributed by atoms with Crippen LogP contribution in [0.4, 0.5) is 4.39 Å². The molecule has 0 radical (unpaired) electrons. The number of alkyl halides is 1. The van der Waals surface area contributed by atoms with Crippen LogP contribution < -0.4 is 9.47 Å². The summed E-state index contributed by atoms with van der Waals surface area (Å²) in [4.78, 5) is 0. The van der Waals surface area contributed by atoms with Gasteiger partial charge in [0.1, 0.15) is 23.9 Å². The van der Waals surface area contributed by atoms with Crippen LogP contribution in [0.25, 0.3) is 0 Å². The molecule has 0 heterocycles. The smallest absolute Gasteiger partial charge is 0.133 e. The SMILES string of the molecule is COc1ccc(COc2cccc(C#CCCl)c2)c(F)c1. The molecule has 0 spiro atoms. The first kappa shape index (κ1) is 15.2. The zero-order valence-electron chi connectivity index (χ0n) is 11.5. The minimum absolute atomic E-state index is 0.141. The molecule has 0 saturated carbocycles. The molecule has 0 saturated heterocycles. The summed E-state index contributed by atoms with van der Waals surface area (Å²) in [5, 5.41) is 0. The van der Waals surface area contributed by atoms with Crippen LogP contribution in [0.1, 0.15) is 11.1 Å². The number of methoxy groups -OCH3 is 1. The molecule has 21 heavy (non-hydrogen) atoms. The summed E-state index contributed by atoms with van der Waals surface area (Å²) in [5.74, 6) is 6.72. The minimum atomic E-state index is -0.354. The van der Waals surface area contributed by atoms with Crippen LogP contribution >= 0.6 is 11.6 Å². The van der Waals surface area contributed by atoms with Crippen LogP contribution in [0.2, 0.25) is 0 Å². The van der Waals surface area contributed by atoms with Crippen molar-refractivity contribution in [1.29, 1.82) is 0 Å². The van der Waals surface area contributed by atoms with Crippen molar-refractivity contribution in [3.8, 4) is 23.3 Å². The second-order valence-corrected chi connectivity index (χ2v) is 4.48. The Hall–Kier alpha value is -2.18. The average molecular weight is 305 g/mol. The molecule has 0 amide bonds. The minimum Gasteiger partial charge on any atom is -0.497 e. The molecule has 2 rings (SSSR count). The van der Waals surface area contributed by atoms with Gasteiger partial charge in [-0.05, 0) is 30.3 Å². The fourth-order valence-corrected chi connectivity index (χ4v) is 1.80. The molecular formula is C17H14ClFO2. The van der Waals surface area contributed by atoms with Crippen molar-refractivity contribution in [2.45, 2.75) is 6.61 Å². The highest BCUT2D eigenvalue weighted by atomic mass is 35.5. The average Bonchev–Trinajstić information content (AvgIpc) is 2.52. The Morgan fingerprint density at radius 2 is 2.00 bits per heavy atom. The zero-order chi connectivity index (χ0) is 15.1. The fourth-order valence-electron chi connectivity index (χ4n) is 1.73. The van der Waals surface area contributed by atoms with E-state index >= 15 is 0 Å². The topological polar surface area (TPSA) is 18.5 Å². The fraction of sp³-hybridized carbons (Fsp3) is 0.176. The van der Waals surface area contributed by atoms with Gasteiger partial charge in [-0.2, -0.15) is 0 Å². The number of hydrogen-bond donors (Lipinski definition) is 0. The lowest BCUT2D eigenvalue weighted by atomic mass is 10.2. The standard InChI is InChI=1S/C17H14ClFO2/c1-20-15-8-7-14(17(19)11-15)12-21-16-6-2-4-13(10-16)5-3-9-18/h2,4,6-8,10-11H,9,12H2,1H3. The van der Waals surface area contributed by atoms with E-state index in [1.165, 1.54) is 13.2 Å². The molecule has 0 aliphatic heterocycles. The van der Waals surface area contributed by atoms with Crippen molar-refractivity contribution in [3.05, 3.63) is 59.4 Å². The molecule has 0 aromatic heterocycles. The van der Waals surface area contributed by atoms with E-state index in [-0.39, 0.29) is 18.3 Å². The van der Waals surface area contributed by atoms with Crippen LogP contribution in [0.3, 0.4) is 0 Å². The molecule has 0 bridgehead atoms. The molecule has 0 fully saturated rings. The Morgan fingerprint density at radius 1 is 1.14 bits per heavy atom. The Kier molecular flexibility index (Phi) is 5.48. The maximum Gasteiger partial charge on any atom is 0.133 e. The molecule has 0 N–H and O–H groups in total. The van der Waals surface area contributed by atoms with Gasteiger partial charge >= 0.3 is 0 Å². The predicted molar refractivity (Wildman–Crippen MR) is 81.3 cm³/mol. The molecule has 108 valence electrons. The summed E-state index contributed by atoms with van der Waals surface area (Å²) in [6.45, 7) is 0.141. The number of halogens is 2. The lowest BCUT2D eigenvalue weighted by Crippen LogP contribution is -1.99. The third-order valence-electron chi connectivity index (χ3n) is 2.79. The van der Waals surface area contributed by atoms with Crippen molar-refractivity contribution in [2.75, 3.05) is 13.0 Å². The van der Waals surface area contributed by atoms with Gasteiger partial charge in [0.2, 0.25) is 0 Å². The first-order valence-electron chi connectivity index (χ1n) is 6.33. The van der Waals surface area contributed by atoms with Crippen LogP contribution in [0, 0.1) is 17.7 Å². The summed E-state index contributed by atoms with van der Waals surface area (Å²) in [6, 6.07) is 12.0. The summed E-state index contributed by atoms with van der Waals surface area (Å²) >= 11 is 5.52. The molecule has 2 aromatic rings. The lowest BCUT2D eigenvalue weighted by molar-refractivity contribution is 0.299. The van der Waals surface area contributed by atoms with E-state index in [1.807, 2.05) is 12.1 Å². The van der Waals surface area contributed by atoms with Gasteiger partial charge in [0.05, 0.1) is 13.0 Å². The second-order valence-electron chi connectivity index (χ2n) is 4.21. The molecule has 0 aliphatic carbocycles. The van der Waals surface area contributed by atoms with Gasteiger partial charge in [0.25, 0.3) is 0 Å². The molecule has 0 unspecified atom stereocenters. The Morgan fingerprint density at radius 3 is 2.71 bits per heavy atom. The third kappa shape index (κ3) is 4.40. The van der Waals surface area contributed by atoms with Gasteiger partial charge in [-0.25, -0.2) is 4.39 Å². The predicted octanol–water partition coefficient (Wildman–Crippen LogP) is 4.00. The van der Waals surface area contributed by atoms with Crippen molar-refractivity contribution >= 4 is 11.6 Å². The van der Waals surface area contributed by atoms with E-state index < -0.39 is 0 Å². The van der Waals surface area contributed by atoms with Crippen LogP contribution in [-0.2, 0) is 6.61 Å². The van der Waals surface area contributed by atoms with Gasteiger partial charge in [-0.3, -0.25) is 0 Å². The molecule has 4 heteroatoms. The summed E-state index contributed by atoms with van der Waals surface area (Å²) < 4.78 is 24.3. The molecule has 0 aliphatic rings. The van der Waals surface area contributed by atoms with Gasteiger partial charge in [0, 0.05) is 17.2 Å². The quantitative estimate of drug-likeness (QED) is 0.628. The van der Waals surface area contributed by atoms with Gasteiger partial charge in [-0.1, -0.05) is 17.9 Å². The van der Waals surface area contributed by atoms with E-state index in [0.717, 1.165) is 5.56 Å². The van der Waals surface area contributed by atoms with Crippen LogP contribution in [-0.4, -0.2) is 13.0 Å². The van der Waals surface area contributed by atoms with E-state index in [2.05, 4.69) is 11.8 Å². The van der Waals surface area contributed by atoms with Crippen molar-refractivity contribution in [2.24, 2.45) is 0 Å². The molecule has 2 nitrogen and oxygen atoms in total. The van der Waals surface area contributed by atoms with Crippen molar-refractivity contribution in [3.63, 3.8) is 0 Å². The molecule has 0 atom stereocenters. The third-order valence-corrected chi connectivity index (χ3v) is 2.92. The molecular weight excluding hydrogens is 291 g/mol. The first-order valence-corrected chi connectivity index (χ1v) is 6.86.